The van der Waals surface area contributed by atoms with Crippen molar-refractivity contribution in [2.75, 3.05) is 6.61 Å². The first-order valence-corrected chi connectivity index (χ1v) is 9.56. The highest BCUT2D eigenvalue weighted by molar-refractivity contribution is 7.07. The van der Waals surface area contributed by atoms with Crippen LogP contribution in [0.3, 0.4) is 0 Å². The van der Waals surface area contributed by atoms with E-state index in [0.717, 1.165) is 11.1 Å². The first-order chi connectivity index (χ1) is 13.6. The minimum Gasteiger partial charge on any atom is -0.463 e. The van der Waals surface area contributed by atoms with Crippen LogP contribution in [0.2, 0.25) is 0 Å². The minimum atomic E-state index is -0.476. The molecule has 5 nitrogen and oxygen atoms in total. The van der Waals surface area contributed by atoms with E-state index in [4.69, 9.17) is 10.00 Å². The van der Waals surface area contributed by atoms with Crippen LogP contribution in [0, 0.1) is 11.3 Å². The Labute approximate surface area is 166 Å². The number of benzene rings is 2. The molecule has 28 heavy (non-hydrogen) atoms. The third-order valence-electron chi connectivity index (χ3n) is 3.99. The van der Waals surface area contributed by atoms with Gasteiger partial charge in [-0.2, -0.15) is 5.26 Å². The van der Waals surface area contributed by atoms with Crippen LogP contribution in [0.25, 0.3) is 12.2 Å². The zero-order chi connectivity index (χ0) is 19.9. The molecule has 0 aliphatic rings. The van der Waals surface area contributed by atoms with Gasteiger partial charge in [-0.3, -0.25) is 9.36 Å². The Morgan fingerprint density at radius 3 is 2.54 bits per heavy atom. The summed E-state index contributed by atoms with van der Waals surface area (Å²) < 4.78 is 7.62. The molecular formula is C22H18N2O3S. The fourth-order valence-corrected chi connectivity index (χ4v) is 3.68. The molecule has 3 aromatic rings. The Bertz CT molecular complexity index is 1180. The number of carbonyl (C=O) groups is 1. The number of hydrogen-bond donors (Lipinski definition) is 0. The Kier molecular flexibility index (Phi) is 6.20. The fourth-order valence-electron chi connectivity index (χ4n) is 2.65. The number of esters is 1. The summed E-state index contributed by atoms with van der Waals surface area (Å²) in [6, 6.07) is 18.6. The summed E-state index contributed by atoms with van der Waals surface area (Å²) in [6.45, 7) is 2.37. The van der Waals surface area contributed by atoms with E-state index in [-0.39, 0.29) is 12.2 Å². The van der Waals surface area contributed by atoms with Crippen molar-refractivity contribution >= 4 is 29.5 Å². The van der Waals surface area contributed by atoms with Gasteiger partial charge in [0.2, 0.25) is 0 Å². The number of nitriles is 1. The Balaban J connectivity index is 2.11. The molecule has 0 radical (unpaired) electrons. The van der Waals surface area contributed by atoms with Crippen molar-refractivity contribution in [3.63, 3.8) is 0 Å². The fraction of sp³-hybridized carbons (Fsp3) is 0.136. The molecule has 0 saturated carbocycles. The monoisotopic (exact) mass is 390 g/mol. The van der Waals surface area contributed by atoms with Crippen LogP contribution in [0.1, 0.15) is 23.6 Å². The highest BCUT2D eigenvalue weighted by Crippen LogP contribution is 2.04. The van der Waals surface area contributed by atoms with Crippen molar-refractivity contribution in [2.24, 2.45) is 0 Å². The van der Waals surface area contributed by atoms with Crippen molar-refractivity contribution in [2.45, 2.75) is 13.5 Å². The molecule has 3 rings (SSSR count). The van der Waals surface area contributed by atoms with Crippen LogP contribution in [0.15, 0.2) is 59.4 Å². The summed E-state index contributed by atoms with van der Waals surface area (Å²) >= 11 is 1.24. The van der Waals surface area contributed by atoms with Gasteiger partial charge in [-0.15, -0.1) is 11.3 Å². The lowest BCUT2D eigenvalue weighted by Gasteiger charge is -2.02. The molecule has 6 heteroatoms. The first kappa shape index (κ1) is 19.3. The van der Waals surface area contributed by atoms with Crippen LogP contribution < -0.4 is 14.8 Å². The first-order valence-electron chi connectivity index (χ1n) is 8.74. The number of aromatic nitrogens is 1. The minimum absolute atomic E-state index is 0.172. The second-order valence-corrected chi connectivity index (χ2v) is 7.02. The summed E-state index contributed by atoms with van der Waals surface area (Å²) in [5.74, 6) is -0.476. The summed E-state index contributed by atoms with van der Waals surface area (Å²) in [4.78, 5) is 24.9. The van der Waals surface area contributed by atoms with Crippen molar-refractivity contribution in [1.82, 2.24) is 4.57 Å². The molecular weight excluding hydrogens is 372 g/mol. The van der Waals surface area contributed by atoms with Crippen molar-refractivity contribution in [3.8, 4) is 6.07 Å². The molecule has 0 N–H and O–H groups in total. The predicted molar refractivity (Wildman–Crippen MR) is 109 cm³/mol. The molecule has 0 atom stereocenters. The largest absolute Gasteiger partial charge is 0.463 e. The third-order valence-corrected chi connectivity index (χ3v) is 5.05. The highest BCUT2D eigenvalue weighted by atomic mass is 32.1. The maximum atomic E-state index is 13.0. The molecule has 0 saturated heterocycles. The number of rotatable bonds is 5. The lowest BCUT2D eigenvalue weighted by Crippen LogP contribution is -2.32. The van der Waals surface area contributed by atoms with Gasteiger partial charge in [-0.05, 0) is 36.3 Å². The molecule has 0 aliphatic heterocycles. The second kappa shape index (κ2) is 8.98. The summed E-state index contributed by atoms with van der Waals surface area (Å²) in [6.07, 6.45) is 3.12. The number of nitrogens with zero attached hydrogens (tertiary/aromatic N) is 2. The lowest BCUT2D eigenvalue weighted by atomic mass is 10.1. The highest BCUT2D eigenvalue weighted by Gasteiger charge is 2.08. The van der Waals surface area contributed by atoms with Gasteiger partial charge >= 0.3 is 5.97 Å². The van der Waals surface area contributed by atoms with Gasteiger partial charge in [0.1, 0.15) is 4.66 Å². The number of thiazole rings is 1. The number of ether oxygens (including phenoxy) is 1. The number of hydrogen-bond acceptors (Lipinski definition) is 5. The molecule has 2 aromatic carbocycles. The topological polar surface area (TPSA) is 72.1 Å². The summed E-state index contributed by atoms with van der Waals surface area (Å²) in [5, 5.41) is 8.91. The summed E-state index contributed by atoms with van der Waals surface area (Å²) in [5.41, 5.74) is 2.16. The van der Waals surface area contributed by atoms with Crippen LogP contribution in [0.4, 0.5) is 0 Å². The predicted octanol–water partition coefficient (Wildman–Crippen LogP) is 2.00. The van der Waals surface area contributed by atoms with Crippen LogP contribution in [-0.2, 0) is 16.1 Å². The smallest absolute Gasteiger partial charge is 0.333 e. The van der Waals surface area contributed by atoms with E-state index >= 15 is 0 Å². The van der Waals surface area contributed by atoms with Gasteiger partial charge in [0.05, 0.1) is 35.4 Å². The lowest BCUT2D eigenvalue weighted by molar-refractivity contribution is -0.135. The zero-order valence-electron chi connectivity index (χ0n) is 15.3. The molecule has 0 bridgehead atoms. The van der Waals surface area contributed by atoms with E-state index < -0.39 is 5.97 Å². The molecule has 0 aliphatic carbocycles. The molecule has 1 aromatic heterocycles. The van der Waals surface area contributed by atoms with Crippen molar-refractivity contribution < 1.29 is 9.53 Å². The van der Waals surface area contributed by atoms with Crippen LogP contribution in [0.5, 0.6) is 0 Å². The van der Waals surface area contributed by atoms with Crippen molar-refractivity contribution in [1.29, 1.82) is 5.26 Å². The standard InChI is InChI=1S/C22H18N2O3S/c1-2-27-21(25)13-20-24(15-18-6-4-3-5-7-18)22(26)19(28-20)12-16-8-10-17(14-23)11-9-16/h3-13H,2,15H2,1H3/b19-12-,20-13-. The molecule has 1 heterocycles. The van der Waals surface area contributed by atoms with E-state index in [2.05, 4.69) is 6.07 Å². The molecule has 0 spiro atoms. The van der Waals surface area contributed by atoms with Crippen molar-refractivity contribution in [3.05, 3.63) is 90.8 Å². The van der Waals surface area contributed by atoms with Crippen LogP contribution in [-0.4, -0.2) is 17.1 Å². The molecule has 0 unspecified atom stereocenters. The SMILES string of the molecule is CCOC(=O)/C=c1\s/c(=C\c2ccc(C#N)cc2)c(=O)n1Cc1ccccc1. The van der Waals surface area contributed by atoms with E-state index in [0.29, 0.717) is 21.3 Å². The third kappa shape index (κ3) is 4.64. The van der Waals surface area contributed by atoms with Gasteiger partial charge in [-0.1, -0.05) is 42.5 Å². The Hall–Kier alpha value is -3.43. The van der Waals surface area contributed by atoms with Gasteiger partial charge in [0.15, 0.2) is 0 Å². The average molecular weight is 390 g/mol. The molecule has 0 amide bonds. The van der Waals surface area contributed by atoms with E-state index in [1.165, 1.54) is 17.4 Å². The Morgan fingerprint density at radius 1 is 1.18 bits per heavy atom. The zero-order valence-corrected chi connectivity index (χ0v) is 16.1. The normalized spacial score (nSPS) is 12.0. The number of carbonyl (C=O) groups excluding carboxylic acids is 1. The van der Waals surface area contributed by atoms with Gasteiger partial charge in [0, 0.05) is 0 Å². The summed E-state index contributed by atoms with van der Waals surface area (Å²) in [7, 11) is 0. The van der Waals surface area contributed by atoms with E-state index in [1.54, 1.807) is 41.8 Å². The van der Waals surface area contributed by atoms with E-state index in [1.807, 2.05) is 30.3 Å². The quantitative estimate of drug-likeness (QED) is 0.625. The van der Waals surface area contributed by atoms with Gasteiger partial charge < -0.3 is 4.74 Å². The maximum Gasteiger partial charge on any atom is 0.333 e. The Morgan fingerprint density at radius 2 is 1.89 bits per heavy atom. The molecule has 140 valence electrons. The maximum absolute atomic E-state index is 13.0. The van der Waals surface area contributed by atoms with Gasteiger partial charge in [-0.25, -0.2) is 4.79 Å². The average Bonchev–Trinajstić information content (AvgIpc) is 2.98. The van der Waals surface area contributed by atoms with Gasteiger partial charge in [0.25, 0.3) is 5.56 Å². The van der Waals surface area contributed by atoms with E-state index in [9.17, 15) is 9.59 Å². The van der Waals surface area contributed by atoms with Crippen LogP contribution >= 0.6 is 11.3 Å². The second-order valence-electron chi connectivity index (χ2n) is 5.96. The molecule has 0 fully saturated rings.